The SMILES string of the molecule is CC(N)CCc1cn2ccccc2n1. The molecule has 3 heteroatoms. The predicted octanol–water partition coefficient (Wildman–Crippen LogP) is 1.61. The first-order chi connectivity index (χ1) is 6.75. The van der Waals surface area contributed by atoms with E-state index >= 15 is 0 Å². The van der Waals surface area contributed by atoms with Crippen LogP contribution in [0.3, 0.4) is 0 Å². The van der Waals surface area contributed by atoms with Crippen LogP contribution in [0.15, 0.2) is 30.6 Å². The Morgan fingerprint density at radius 1 is 1.50 bits per heavy atom. The molecule has 2 aromatic heterocycles. The van der Waals surface area contributed by atoms with Crippen molar-refractivity contribution in [3.8, 4) is 0 Å². The molecule has 2 rings (SSSR count). The fourth-order valence-corrected chi connectivity index (χ4v) is 1.48. The molecular weight excluding hydrogens is 174 g/mol. The molecule has 0 amide bonds. The van der Waals surface area contributed by atoms with Crippen LogP contribution in [0, 0.1) is 0 Å². The largest absolute Gasteiger partial charge is 0.328 e. The summed E-state index contributed by atoms with van der Waals surface area (Å²) in [5.41, 5.74) is 7.83. The van der Waals surface area contributed by atoms with Crippen LogP contribution < -0.4 is 5.73 Å². The van der Waals surface area contributed by atoms with Gasteiger partial charge in [0.15, 0.2) is 0 Å². The van der Waals surface area contributed by atoms with Crippen LogP contribution in [-0.2, 0) is 6.42 Å². The highest BCUT2D eigenvalue weighted by atomic mass is 15.0. The number of imidazole rings is 1. The van der Waals surface area contributed by atoms with Crippen molar-refractivity contribution in [1.82, 2.24) is 9.38 Å². The van der Waals surface area contributed by atoms with Gasteiger partial charge < -0.3 is 10.1 Å². The molecule has 1 atom stereocenters. The highest BCUT2D eigenvalue weighted by Crippen LogP contribution is 2.06. The third-order valence-electron chi connectivity index (χ3n) is 2.27. The molecule has 74 valence electrons. The number of aryl methyl sites for hydroxylation is 1. The summed E-state index contributed by atoms with van der Waals surface area (Å²) in [6, 6.07) is 6.26. The Morgan fingerprint density at radius 3 is 3.07 bits per heavy atom. The summed E-state index contributed by atoms with van der Waals surface area (Å²) in [6.45, 7) is 2.02. The second-order valence-electron chi connectivity index (χ2n) is 3.71. The van der Waals surface area contributed by atoms with Crippen LogP contribution in [0.5, 0.6) is 0 Å². The number of rotatable bonds is 3. The first kappa shape index (κ1) is 9.21. The van der Waals surface area contributed by atoms with Crippen molar-refractivity contribution in [1.29, 1.82) is 0 Å². The van der Waals surface area contributed by atoms with Crippen LogP contribution >= 0.6 is 0 Å². The van der Waals surface area contributed by atoms with Gasteiger partial charge in [-0.15, -0.1) is 0 Å². The van der Waals surface area contributed by atoms with Crippen LogP contribution in [-0.4, -0.2) is 15.4 Å². The third-order valence-corrected chi connectivity index (χ3v) is 2.27. The zero-order chi connectivity index (χ0) is 9.97. The van der Waals surface area contributed by atoms with Crippen molar-refractivity contribution >= 4 is 5.65 Å². The first-order valence-electron chi connectivity index (χ1n) is 4.94. The number of nitrogens with zero attached hydrogens (tertiary/aromatic N) is 2. The van der Waals surface area contributed by atoms with E-state index in [2.05, 4.69) is 11.2 Å². The number of hydrogen-bond donors (Lipinski definition) is 1. The van der Waals surface area contributed by atoms with Gasteiger partial charge in [0.2, 0.25) is 0 Å². The second kappa shape index (κ2) is 3.80. The Morgan fingerprint density at radius 2 is 2.36 bits per heavy atom. The summed E-state index contributed by atoms with van der Waals surface area (Å²) in [4.78, 5) is 4.49. The normalized spacial score (nSPS) is 13.3. The molecule has 0 aliphatic rings. The lowest BCUT2D eigenvalue weighted by atomic mass is 10.2. The maximum Gasteiger partial charge on any atom is 0.136 e. The molecule has 2 heterocycles. The molecule has 0 aliphatic heterocycles. The summed E-state index contributed by atoms with van der Waals surface area (Å²) in [5.74, 6) is 0. The van der Waals surface area contributed by atoms with Gasteiger partial charge in [-0.3, -0.25) is 0 Å². The fraction of sp³-hybridized carbons (Fsp3) is 0.364. The van der Waals surface area contributed by atoms with Crippen molar-refractivity contribution < 1.29 is 0 Å². The molecule has 0 bridgehead atoms. The summed E-state index contributed by atoms with van der Waals surface area (Å²) in [7, 11) is 0. The van der Waals surface area contributed by atoms with E-state index in [9.17, 15) is 0 Å². The maximum atomic E-state index is 5.70. The summed E-state index contributed by atoms with van der Waals surface area (Å²) in [6.07, 6.45) is 6.03. The van der Waals surface area contributed by atoms with E-state index in [4.69, 9.17) is 5.73 Å². The third kappa shape index (κ3) is 1.93. The molecule has 14 heavy (non-hydrogen) atoms. The molecule has 2 aromatic rings. The van der Waals surface area contributed by atoms with Gasteiger partial charge >= 0.3 is 0 Å². The monoisotopic (exact) mass is 189 g/mol. The lowest BCUT2D eigenvalue weighted by Crippen LogP contribution is -2.15. The van der Waals surface area contributed by atoms with Crippen molar-refractivity contribution in [3.05, 3.63) is 36.3 Å². The number of pyridine rings is 1. The average molecular weight is 189 g/mol. The topological polar surface area (TPSA) is 43.3 Å². The van der Waals surface area contributed by atoms with E-state index in [-0.39, 0.29) is 6.04 Å². The van der Waals surface area contributed by atoms with Crippen molar-refractivity contribution in [2.24, 2.45) is 5.73 Å². The van der Waals surface area contributed by atoms with Gasteiger partial charge in [0.1, 0.15) is 5.65 Å². The van der Waals surface area contributed by atoms with E-state index in [1.807, 2.05) is 35.7 Å². The quantitative estimate of drug-likeness (QED) is 0.797. The minimum absolute atomic E-state index is 0.250. The van der Waals surface area contributed by atoms with Gasteiger partial charge in [-0.25, -0.2) is 4.98 Å². The number of fused-ring (bicyclic) bond motifs is 1. The van der Waals surface area contributed by atoms with E-state index in [1.54, 1.807) is 0 Å². The van der Waals surface area contributed by atoms with Gasteiger partial charge in [0, 0.05) is 18.4 Å². The molecule has 0 saturated heterocycles. The van der Waals surface area contributed by atoms with Crippen LogP contribution in [0.25, 0.3) is 5.65 Å². The van der Waals surface area contributed by atoms with Gasteiger partial charge in [-0.1, -0.05) is 6.07 Å². The maximum absolute atomic E-state index is 5.70. The summed E-state index contributed by atoms with van der Waals surface area (Å²) in [5, 5.41) is 0. The van der Waals surface area contributed by atoms with E-state index in [0.717, 1.165) is 24.2 Å². The molecule has 0 radical (unpaired) electrons. The smallest absolute Gasteiger partial charge is 0.136 e. The lowest BCUT2D eigenvalue weighted by Gasteiger charge is -2.00. The van der Waals surface area contributed by atoms with Crippen LogP contribution in [0.2, 0.25) is 0 Å². The van der Waals surface area contributed by atoms with E-state index in [0.29, 0.717) is 0 Å². The highest BCUT2D eigenvalue weighted by Gasteiger charge is 2.01. The van der Waals surface area contributed by atoms with Gasteiger partial charge in [0.25, 0.3) is 0 Å². The van der Waals surface area contributed by atoms with Gasteiger partial charge in [-0.05, 0) is 31.9 Å². The van der Waals surface area contributed by atoms with Crippen molar-refractivity contribution in [3.63, 3.8) is 0 Å². The highest BCUT2D eigenvalue weighted by molar-refractivity contribution is 5.39. The Balaban J connectivity index is 2.19. The molecule has 3 nitrogen and oxygen atoms in total. The van der Waals surface area contributed by atoms with Gasteiger partial charge in [0.05, 0.1) is 5.69 Å². The van der Waals surface area contributed by atoms with Crippen molar-refractivity contribution in [2.45, 2.75) is 25.8 Å². The zero-order valence-corrected chi connectivity index (χ0v) is 8.35. The molecular formula is C11H15N3. The van der Waals surface area contributed by atoms with Gasteiger partial charge in [-0.2, -0.15) is 0 Å². The lowest BCUT2D eigenvalue weighted by molar-refractivity contribution is 0.660. The van der Waals surface area contributed by atoms with Crippen LogP contribution in [0.1, 0.15) is 19.0 Å². The zero-order valence-electron chi connectivity index (χ0n) is 8.35. The molecule has 0 aromatic carbocycles. The Labute approximate surface area is 83.6 Å². The van der Waals surface area contributed by atoms with E-state index < -0.39 is 0 Å². The minimum Gasteiger partial charge on any atom is -0.328 e. The minimum atomic E-state index is 0.250. The fourth-order valence-electron chi connectivity index (χ4n) is 1.48. The average Bonchev–Trinajstić information content (AvgIpc) is 2.57. The number of nitrogens with two attached hydrogens (primary N) is 1. The van der Waals surface area contributed by atoms with Crippen molar-refractivity contribution in [2.75, 3.05) is 0 Å². The number of hydrogen-bond acceptors (Lipinski definition) is 2. The molecule has 0 spiro atoms. The first-order valence-corrected chi connectivity index (χ1v) is 4.94. The molecule has 0 aliphatic carbocycles. The standard InChI is InChI=1S/C11H15N3/c1-9(12)5-6-10-8-14-7-3-2-4-11(14)13-10/h2-4,7-9H,5-6,12H2,1H3. The number of aromatic nitrogens is 2. The molecule has 0 saturated carbocycles. The Hall–Kier alpha value is -1.35. The molecule has 1 unspecified atom stereocenters. The van der Waals surface area contributed by atoms with Crippen LogP contribution in [0.4, 0.5) is 0 Å². The van der Waals surface area contributed by atoms with E-state index in [1.165, 1.54) is 0 Å². The summed E-state index contributed by atoms with van der Waals surface area (Å²) >= 11 is 0. The predicted molar refractivity (Wildman–Crippen MR) is 57.2 cm³/mol. The second-order valence-corrected chi connectivity index (χ2v) is 3.71. The molecule has 0 fully saturated rings. The Kier molecular flexibility index (Phi) is 2.50. The molecule has 2 N–H and O–H groups in total. The summed E-state index contributed by atoms with van der Waals surface area (Å²) < 4.78 is 2.04. The Bertz CT molecular complexity index is 384.